The fraction of sp³-hybridized carbons (Fsp3) is 0. The van der Waals surface area contributed by atoms with Crippen LogP contribution in [-0.2, 0) is 28.4 Å². The van der Waals surface area contributed by atoms with Crippen molar-refractivity contribution in [2.24, 2.45) is 0 Å². The quantitative estimate of drug-likeness (QED) is 0.124. The van der Waals surface area contributed by atoms with Gasteiger partial charge < -0.3 is 59.1 Å². The van der Waals surface area contributed by atoms with Gasteiger partial charge in [0.1, 0.15) is 0 Å². The zero-order valence-electron chi connectivity index (χ0n) is 14.3. The largest absolute Gasteiger partial charge is 6.00 e. The van der Waals surface area contributed by atoms with Crippen molar-refractivity contribution < 1.29 is 102 Å². The van der Waals surface area contributed by atoms with Crippen LogP contribution >= 0.6 is 0 Å². The van der Waals surface area contributed by atoms with Crippen molar-refractivity contribution in [2.75, 3.05) is 0 Å². The van der Waals surface area contributed by atoms with Crippen LogP contribution in [0.2, 0.25) is 0 Å². The van der Waals surface area contributed by atoms with Crippen molar-refractivity contribution in [3.63, 3.8) is 0 Å². The predicted octanol–water partition coefficient (Wildman–Crippen LogP) is 1.11. The number of rotatable bonds is 0. The number of carbonyl (C=O) groups is 9. The molecule has 0 atom stereocenters. The van der Waals surface area contributed by atoms with Crippen LogP contribution in [0.25, 0.3) is 0 Å². The smallest absolute Gasteiger partial charge is 0.449 e. The van der Waals surface area contributed by atoms with E-state index in [-0.39, 0.29) is 29.6 Å². The molecule has 0 rings (SSSR count). The summed E-state index contributed by atoms with van der Waals surface area (Å²) in [5.41, 5.74) is 0. The number of carbonyl (C=O) groups excluding carboxylic acids is 3. The van der Waals surface area contributed by atoms with Crippen molar-refractivity contribution in [2.45, 2.75) is 0 Å². The molecular formula is C9H6NaO21+6. The van der Waals surface area contributed by atoms with Crippen LogP contribution < -0.4 is 0 Å². The van der Waals surface area contributed by atoms with Crippen molar-refractivity contribution in [1.29, 1.82) is 0 Å². The molecule has 0 aliphatic heterocycles. The van der Waals surface area contributed by atoms with E-state index in [0.717, 1.165) is 0 Å². The maximum Gasteiger partial charge on any atom is 6.00 e. The van der Waals surface area contributed by atoms with E-state index >= 15 is 0 Å². The average molecular weight is 473 g/mol. The normalized spacial score (nSPS) is 7.74. The van der Waals surface area contributed by atoms with Gasteiger partial charge in [-0.15, -0.1) is 0 Å². The molecule has 0 aliphatic carbocycles. The standard InChI is InChI=1S/3C3H2O7.Na/c3*4-1(5)9-3(8)10-2(6)7;/h3*(H,4,5)(H,6,7);/q;;;+6. The third-order valence-corrected chi connectivity index (χ3v) is 1.02. The molecule has 13 radical (unpaired) electrons. The Morgan fingerprint density at radius 2 is 0.419 bits per heavy atom. The zero-order chi connectivity index (χ0) is 24.4. The van der Waals surface area contributed by atoms with Crippen molar-refractivity contribution in [1.82, 2.24) is 0 Å². The van der Waals surface area contributed by atoms with Crippen LogP contribution in [0, 0.1) is 0 Å². The SMILES string of the molecule is O=C(O)OC(=O)OC(=O)O.O=C(O)OC(=O)OC(=O)O.O=C(O)OC(=O)OC(=O)O.[Na+6]. The average Bonchev–Trinajstić information content (AvgIpc) is 2.42. The second-order valence-electron chi connectivity index (χ2n) is 2.96. The van der Waals surface area contributed by atoms with Crippen LogP contribution in [0.15, 0.2) is 0 Å². The van der Waals surface area contributed by atoms with Crippen molar-refractivity contribution in [3.8, 4) is 0 Å². The molecule has 6 N–H and O–H groups in total. The van der Waals surface area contributed by atoms with Gasteiger partial charge in [-0.3, -0.25) is 0 Å². The molecular weight excluding hydrogens is 467 g/mol. The third kappa shape index (κ3) is 37.1. The van der Waals surface area contributed by atoms with Crippen LogP contribution in [-0.4, -0.2) is 116 Å². The molecule has 0 unspecified atom stereocenters. The van der Waals surface area contributed by atoms with Crippen LogP contribution in [0.5, 0.6) is 0 Å². The Morgan fingerprint density at radius 1 is 0.323 bits per heavy atom. The van der Waals surface area contributed by atoms with Crippen LogP contribution in [0.3, 0.4) is 0 Å². The van der Waals surface area contributed by atoms with E-state index in [1.54, 1.807) is 0 Å². The molecule has 163 valence electrons. The Balaban J connectivity index is -0.000000174. The van der Waals surface area contributed by atoms with Crippen LogP contribution in [0.4, 0.5) is 43.2 Å². The summed E-state index contributed by atoms with van der Waals surface area (Å²) in [5, 5.41) is 46.1. The Kier molecular flexibility index (Phi) is 20.9. The molecule has 0 bridgehead atoms. The zero-order valence-corrected chi connectivity index (χ0v) is 16.3. The number of carboxylic acid groups (broad SMARTS) is 6. The topological polar surface area (TPSA) is 330 Å². The predicted molar refractivity (Wildman–Crippen MR) is 76.6 cm³/mol. The van der Waals surface area contributed by atoms with Gasteiger partial charge in [0.15, 0.2) is 0 Å². The molecule has 31 heavy (non-hydrogen) atoms. The van der Waals surface area contributed by atoms with Gasteiger partial charge in [-0.1, -0.05) is 0 Å². The number of hydrogen-bond donors (Lipinski definition) is 6. The van der Waals surface area contributed by atoms with Gasteiger partial charge >= 0.3 is 85.0 Å². The summed E-state index contributed by atoms with van der Waals surface area (Å²) in [6.07, 6.45) is -16.9. The van der Waals surface area contributed by atoms with Gasteiger partial charge in [0.25, 0.3) is 0 Å². The summed E-state index contributed by atoms with van der Waals surface area (Å²) in [4.78, 5) is 86.4. The van der Waals surface area contributed by atoms with Gasteiger partial charge in [0.2, 0.25) is 0 Å². The summed E-state index contributed by atoms with van der Waals surface area (Å²) in [6.45, 7) is 0. The van der Waals surface area contributed by atoms with Gasteiger partial charge in [-0.25, -0.2) is 43.2 Å². The fourth-order valence-electron chi connectivity index (χ4n) is 0.490. The number of hydrogen-bond acceptors (Lipinski definition) is 15. The van der Waals surface area contributed by atoms with Gasteiger partial charge in [0, 0.05) is 0 Å². The molecule has 0 aliphatic rings. The third-order valence-electron chi connectivity index (χ3n) is 1.02. The second kappa shape index (κ2) is 19.0. The van der Waals surface area contributed by atoms with E-state index in [4.69, 9.17) is 30.6 Å². The summed E-state index contributed by atoms with van der Waals surface area (Å²) < 4.78 is 19.4. The Morgan fingerprint density at radius 3 is 0.484 bits per heavy atom. The van der Waals surface area contributed by atoms with Crippen LogP contribution in [0.1, 0.15) is 0 Å². The summed E-state index contributed by atoms with van der Waals surface area (Å²) in [6, 6.07) is 0. The fourth-order valence-corrected chi connectivity index (χ4v) is 0.490. The Labute approximate surface area is 187 Å². The first kappa shape index (κ1) is 34.2. The maximum absolute atomic E-state index is 9.86. The Bertz CT molecular complexity index is 557. The minimum Gasteiger partial charge on any atom is -0.449 e. The molecule has 22 heteroatoms. The minimum atomic E-state index is -1.92. The summed E-state index contributed by atoms with van der Waals surface area (Å²) in [5.74, 6) is 0. The second-order valence-corrected chi connectivity index (χ2v) is 2.96. The monoisotopic (exact) mass is 473 g/mol. The summed E-state index contributed by atoms with van der Waals surface area (Å²) >= 11 is 0. The summed E-state index contributed by atoms with van der Waals surface area (Å²) in [7, 11) is 0. The molecule has 0 spiro atoms. The molecule has 0 saturated carbocycles. The molecule has 0 fully saturated rings. The van der Waals surface area contributed by atoms with Gasteiger partial charge in [0.05, 0.1) is 0 Å². The van der Waals surface area contributed by atoms with E-state index in [0.29, 0.717) is 0 Å². The molecule has 0 aromatic carbocycles. The molecule has 0 heterocycles. The van der Waals surface area contributed by atoms with E-state index < -0.39 is 55.4 Å². The van der Waals surface area contributed by atoms with Gasteiger partial charge in [-0.2, -0.15) is 0 Å². The van der Waals surface area contributed by atoms with Crippen molar-refractivity contribution >= 4 is 85.0 Å². The Hall–Kier alpha value is -4.37. The van der Waals surface area contributed by atoms with E-state index in [1.165, 1.54) is 0 Å². The van der Waals surface area contributed by atoms with Crippen molar-refractivity contribution in [3.05, 3.63) is 0 Å². The van der Waals surface area contributed by atoms with E-state index in [9.17, 15) is 43.2 Å². The van der Waals surface area contributed by atoms with E-state index in [1.807, 2.05) is 0 Å². The number of ether oxygens (including phenoxy) is 6. The maximum atomic E-state index is 9.86. The first-order valence-electron chi connectivity index (χ1n) is 5.63. The molecule has 0 amide bonds. The first-order chi connectivity index (χ1) is 13.6. The molecule has 0 saturated heterocycles. The van der Waals surface area contributed by atoms with Gasteiger partial charge in [-0.05, 0) is 0 Å². The molecule has 0 aromatic heterocycles. The minimum absolute atomic E-state index is 0. The van der Waals surface area contributed by atoms with E-state index in [2.05, 4.69) is 28.4 Å². The first-order valence-corrected chi connectivity index (χ1v) is 5.63. The molecule has 21 nitrogen and oxygen atoms in total. The molecule has 0 aromatic rings.